The Kier molecular flexibility index (Phi) is 1.94. The second-order valence-corrected chi connectivity index (χ2v) is 3.40. The van der Waals surface area contributed by atoms with Crippen molar-refractivity contribution in [1.29, 1.82) is 0 Å². The zero-order chi connectivity index (χ0) is 10.3. The van der Waals surface area contributed by atoms with Gasteiger partial charge in [-0.1, -0.05) is 0 Å². The van der Waals surface area contributed by atoms with Crippen molar-refractivity contribution in [1.82, 2.24) is 9.78 Å². The first-order chi connectivity index (χ1) is 6.50. The van der Waals surface area contributed by atoms with Gasteiger partial charge in [0.2, 0.25) is 0 Å². The van der Waals surface area contributed by atoms with E-state index in [0.29, 0.717) is 12.4 Å². The van der Waals surface area contributed by atoms with Gasteiger partial charge in [0.1, 0.15) is 5.82 Å². The van der Waals surface area contributed by atoms with Gasteiger partial charge in [-0.3, -0.25) is 0 Å². The molecule has 0 saturated heterocycles. The summed E-state index contributed by atoms with van der Waals surface area (Å²) in [6.45, 7) is 0.413. The number of fused-ring (bicyclic) bond motifs is 1. The molecule has 2 heterocycles. The molecule has 3 nitrogen and oxygen atoms in total. The zero-order valence-electron chi connectivity index (χ0n) is 7.62. The molecule has 0 spiro atoms. The lowest BCUT2D eigenvalue weighted by atomic mass is 10.1. The fourth-order valence-corrected chi connectivity index (χ4v) is 1.70. The van der Waals surface area contributed by atoms with Gasteiger partial charge in [0, 0.05) is 19.7 Å². The van der Waals surface area contributed by atoms with Crippen LogP contribution in [0.2, 0.25) is 0 Å². The van der Waals surface area contributed by atoms with Crippen LogP contribution in [-0.2, 0) is 0 Å². The van der Waals surface area contributed by atoms with Crippen molar-refractivity contribution in [2.45, 2.75) is 18.6 Å². The second kappa shape index (κ2) is 2.90. The van der Waals surface area contributed by atoms with Crippen molar-refractivity contribution in [3.63, 3.8) is 0 Å². The van der Waals surface area contributed by atoms with E-state index in [1.807, 2.05) is 0 Å². The summed E-state index contributed by atoms with van der Waals surface area (Å²) in [5, 5.41) is 3.71. The molecule has 0 N–H and O–H groups in total. The lowest BCUT2D eigenvalue weighted by Crippen LogP contribution is -2.38. The number of halogens is 3. The van der Waals surface area contributed by atoms with Gasteiger partial charge in [0.15, 0.2) is 6.04 Å². The Bertz CT molecular complexity index is 331. The SMILES string of the molecule is CN1CCC(C(F)(F)F)n2nccc21. The van der Waals surface area contributed by atoms with Crippen LogP contribution in [0.5, 0.6) is 0 Å². The van der Waals surface area contributed by atoms with E-state index in [4.69, 9.17) is 0 Å². The van der Waals surface area contributed by atoms with Gasteiger partial charge in [-0.15, -0.1) is 0 Å². The fraction of sp³-hybridized carbons (Fsp3) is 0.625. The first-order valence-electron chi connectivity index (χ1n) is 4.31. The van der Waals surface area contributed by atoms with Crippen LogP contribution >= 0.6 is 0 Å². The normalized spacial score (nSPS) is 22.3. The first kappa shape index (κ1) is 9.36. The quantitative estimate of drug-likeness (QED) is 0.644. The van der Waals surface area contributed by atoms with Gasteiger partial charge in [-0.25, -0.2) is 4.68 Å². The van der Waals surface area contributed by atoms with Gasteiger partial charge in [-0.05, 0) is 6.42 Å². The van der Waals surface area contributed by atoms with E-state index in [1.165, 1.54) is 6.20 Å². The van der Waals surface area contributed by atoms with Crippen molar-refractivity contribution in [2.75, 3.05) is 18.5 Å². The standard InChI is InChI=1S/C8H10F3N3/c1-13-5-3-6(8(9,10)11)14-7(13)2-4-12-14/h2,4,6H,3,5H2,1H3. The van der Waals surface area contributed by atoms with Gasteiger partial charge < -0.3 is 4.90 Å². The Morgan fingerprint density at radius 2 is 2.21 bits per heavy atom. The van der Waals surface area contributed by atoms with Gasteiger partial charge >= 0.3 is 6.18 Å². The monoisotopic (exact) mass is 205 g/mol. The number of nitrogens with zero attached hydrogens (tertiary/aromatic N) is 3. The number of aromatic nitrogens is 2. The van der Waals surface area contributed by atoms with Crippen molar-refractivity contribution in [2.24, 2.45) is 0 Å². The summed E-state index contributed by atoms with van der Waals surface area (Å²) in [5.74, 6) is 0.526. The third-order valence-corrected chi connectivity index (χ3v) is 2.45. The highest BCUT2D eigenvalue weighted by Gasteiger charge is 2.44. The average Bonchev–Trinajstić information content (AvgIpc) is 2.50. The van der Waals surface area contributed by atoms with Gasteiger partial charge in [0.25, 0.3) is 0 Å². The molecule has 1 aliphatic heterocycles. The van der Waals surface area contributed by atoms with Crippen LogP contribution in [0, 0.1) is 0 Å². The number of alkyl halides is 3. The van der Waals surface area contributed by atoms with E-state index in [0.717, 1.165) is 4.68 Å². The number of rotatable bonds is 0. The lowest BCUT2D eigenvalue weighted by Gasteiger charge is -2.32. The first-order valence-corrected chi connectivity index (χ1v) is 4.31. The smallest absolute Gasteiger partial charge is 0.360 e. The topological polar surface area (TPSA) is 21.1 Å². The molecule has 0 aromatic carbocycles. The van der Waals surface area contributed by atoms with Crippen molar-refractivity contribution >= 4 is 5.82 Å². The summed E-state index contributed by atoms with van der Waals surface area (Å²) < 4.78 is 38.7. The molecule has 1 aliphatic rings. The summed E-state index contributed by atoms with van der Waals surface area (Å²) in [6.07, 6.45) is -2.74. The largest absolute Gasteiger partial charge is 0.410 e. The third kappa shape index (κ3) is 1.34. The number of anilines is 1. The Morgan fingerprint density at radius 3 is 2.86 bits per heavy atom. The maximum absolute atomic E-state index is 12.5. The molecule has 0 saturated carbocycles. The molecule has 1 aromatic rings. The van der Waals surface area contributed by atoms with Crippen LogP contribution in [0.4, 0.5) is 19.0 Å². The predicted molar refractivity (Wildman–Crippen MR) is 45.2 cm³/mol. The number of hydrogen-bond donors (Lipinski definition) is 0. The van der Waals surface area contributed by atoms with Crippen LogP contribution in [-0.4, -0.2) is 29.5 Å². The van der Waals surface area contributed by atoms with Crippen LogP contribution in [0.15, 0.2) is 12.3 Å². The molecular formula is C8H10F3N3. The summed E-state index contributed by atoms with van der Waals surface area (Å²) in [6, 6.07) is 0.126. The van der Waals surface area contributed by atoms with Crippen LogP contribution in [0.1, 0.15) is 12.5 Å². The maximum Gasteiger partial charge on any atom is 0.410 e. The molecule has 2 rings (SSSR count). The summed E-state index contributed by atoms with van der Waals surface area (Å²) >= 11 is 0. The molecule has 0 radical (unpaired) electrons. The molecule has 14 heavy (non-hydrogen) atoms. The minimum absolute atomic E-state index is 0.0642. The van der Waals surface area contributed by atoms with E-state index in [1.54, 1.807) is 18.0 Å². The Morgan fingerprint density at radius 1 is 1.50 bits per heavy atom. The molecular weight excluding hydrogens is 195 g/mol. The predicted octanol–water partition coefficient (Wildman–Crippen LogP) is 1.83. The highest BCUT2D eigenvalue weighted by Crippen LogP contribution is 2.38. The van der Waals surface area contributed by atoms with Crippen LogP contribution in [0.25, 0.3) is 0 Å². The van der Waals surface area contributed by atoms with Gasteiger partial charge in [0.05, 0.1) is 6.20 Å². The number of hydrogen-bond acceptors (Lipinski definition) is 2. The molecule has 0 fully saturated rings. The molecule has 1 aromatic heterocycles. The Labute approximate surface area is 79.1 Å². The summed E-state index contributed by atoms with van der Waals surface area (Å²) in [4.78, 5) is 1.77. The van der Waals surface area contributed by atoms with E-state index in [2.05, 4.69) is 5.10 Å². The average molecular weight is 205 g/mol. The van der Waals surface area contributed by atoms with Crippen molar-refractivity contribution in [3.8, 4) is 0 Å². The molecule has 1 unspecified atom stereocenters. The second-order valence-electron chi connectivity index (χ2n) is 3.40. The van der Waals surface area contributed by atoms with Crippen molar-refractivity contribution in [3.05, 3.63) is 12.3 Å². The minimum atomic E-state index is -4.21. The molecule has 0 aliphatic carbocycles. The molecule has 78 valence electrons. The minimum Gasteiger partial charge on any atom is -0.360 e. The van der Waals surface area contributed by atoms with E-state index >= 15 is 0 Å². The Hall–Kier alpha value is -1.20. The molecule has 6 heteroatoms. The molecule has 0 amide bonds. The summed E-state index contributed by atoms with van der Waals surface area (Å²) in [7, 11) is 1.76. The van der Waals surface area contributed by atoms with Crippen LogP contribution < -0.4 is 4.90 Å². The van der Waals surface area contributed by atoms with E-state index in [-0.39, 0.29) is 6.42 Å². The summed E-state index contributed by atoms with van der Waals surface area (Å²) in [5.41, 5.74) is 0. The fourth-order valence-electron chi connectivity index (χ4n) is 1.70. The van der Waals surface area contributed by atoms with Crippen LogP contribution in [0.3, 0.4) is 0 Å². The molecule has 0 bridgehead atoms. The van der Waals surface area contributed by atoms with Crippen molar-refractivity contribution < 1.29 is 13.2 Å². The van der Waals surface area contributed by atoms with Gasteiger partial charge in [-0.2, -0.15) is 18.3 Å². The third-order valence-electron chi connectivity index (χ3n) is 2.45. The Balaban J connectivity index is 2.39. The molecule has 1 atom stereocenters. The van der Waals surface area contributed by atoms with E-state index in [9.17, 15) is 13.2 Å². The lowest BCUT2D eigenvalue weighted by molar-refractivity contribution is -0.172. The highest BCUT2D eigenvalue weighted by atomic mass is 19.4. The zero-order valence-corrected chi connectivity index (χ0v) is 7.62. The highest BCUT2D eigenvalue weighted by molar-refractivity contribution is 5.39. The maximum atomic E-state index is 12.5. The van der Waals surface area contributed by atoms with E-state index < -0.39 is 12.2 Å².